The fraction of sp³-hybridized carbons (Fsp3) is 0.471. The summed E-state index contributed by atoms with van der Waals surface area (Å²) in [5.41, 5.74) is 5.88. The first-order chi connectivity index (χ1) is 11.3. The largest absolute Gasteiger partial charge is 0.366 e. The Bertz CT molecular complexity index is 660. The summed E-state index contributed by atoms with van der Waals surface area (Å²) in [6, 6.07) is 4.60. The molecule has 3 N–H and O–H groups in total. The standard InChI is InChI=1S/C17H22ClN3O3/c1-10(2)17(24)21-7-3-4-11(9-21)16(23)20-12-5-6-14(18)13(8-12)15(19)22/h5-6,8,10-11H,3-4,7,9H2,1-2H3,(H2,19,22)(H,20,23)/t11-/m1/s1. The zero-order chi connectivity index (χ0) is 17.9. The molecule has 7 heteroatoms. The van der Waals surface area contributed by atoms with E-state index in [0.717, 1.165) is 12.8 Å². The van der Waals surface area contributed by atoms with Crippen LogP contribution in [0.15, 0.2) is 18.2 Å². The Morgan fingerprint density at radius 1 is 1.33 bits per heavy atom. The van der Waals surface area contributed by atoms with Gasteiger partial charge in [-0.3, -0.25) is 14.4 Å². The Balaban J connectivity index is 2.05. The van der Waals surface area contributed by atoms with Gasteiger partial charge in [0.2, 0.25) is 17.7 Å². The highest BCUT2D eigenvalue weighted by Crippen LogP contribution is 2.23. The molecule has 130 valence electrons. The van der Waals surface area contributed by atoms with E-state index in [4.69, 9.17) is 17.3 Å². The summed E-state index contributed by atoms with van der Waals surface area (Å²) in [4.78, 5) is 37.7. The van der Waals surface area contributed by atoms with Gasteiger partial charge in [0.15, 0.2) is 0 Å². The Labute approximate surface area is 146 Å². The Kier molecular flexibility index (Phi) is 5.83. The normalized spacial score (nSPS) is 17.7. The van der Waals surface area contributed by atoms with Gasteiger partial charge in [0.1, 0.15) is 0 Å². The van der Waals surface area contributed by atoms with Crippen LogP contribution in [-0.2, 0) is 9.59 Å². The summed E-state index contributed by atoms with van der Waals surface area (Å²) in [5, 5.41) is 3.02. The van der Waals surface area contributed by atoms with Gasteiger partial charge in [0, 0.05) is 24.7 Å². The average Bonchev–Trinajstić information content (AvgIpc) is 2.55. The lowest BCUT2D eigenvalue weighted by atomic mass is 9.96. The highest BCUT2D eigenvalue weighted by molar-refractivity contribution is 6.34. The van der Waals surface area contributed by atoms with Crippen molar-refractivity contribution in [1.82, 2.24) is 4.90 Å². The Morgan fingerprint density at radius 2 is 2.04 bits per heavy atom. The minimum absolute atomic E-state index is 0.0648. The van der Waals surface area contributed by atoms with Gasteiger partial charge in [0.05, 0.1) is 16.5 Å². The van der Waals surface area contributed by atoms with Gasteiger partial charge < -0.3 is 16.0 Å². The van der Waals surface area contributed by atoms with Crippen molar-refractivity contribution < 1.29 is 14.4 Å². The summed E-state index contributed by atoms with van der Waals surface area (Å²) in [5.74, 6) is -1.11. The van der Waals surface area contributed by atoms with Crippen molar-refractivity contribution in [3.05, 3.63) is 28.8 Å². The third-order valence-corrected chi connectivity index (χ3v) is 4.43. The minimum Gasteiger partial charge on any atom is -0.366 e. The molecule has 6 nitrogen and oxygen atoms in total. The number of carbonyl (C=O) groups excluding carboxylic acids is 3. The maximum absolute atomic E-state index is 12.5. The van der Waals surface area contributed by atoms with E-state index >= 15 is 0 Å². The van der Waals surface area contributed by atoms with Crippen molar-refractivity contribution in [2.24, 2.45) is 17.6 Å². The number of amides is 3. The number of nitrogens with zero attached hydrogens (tertiary/aromatic N) is 1. The smallest absolute Gasteiger partial charge is 0.250 e. The molecule has 1 saturated heterocycles. The highest BCUT2D eigenvalue weighted by Gasteiger charge is 2.29. The maximum atomic E-state index is 12.5. The van der Waals surface area contributed by atoms with Crippen molar-refractivity contribution in [1.29, 1.82) is 0 Å². The van der Waals surface area contributed by atoms with E-state index < -0.39 is 5.91 Å². The number of halogens is 1. The second kappa shape index (κ2) is 7.66. The van der Waals surface area contributed by atoms with Gasteiger partial charge in [-0.05, 0) is 31.0 Å². The Morgan fingerprint density at radius 3 is 2.67 bits per heavy atom. The van der Waals surface area contributed by atoms with Crippen molar-refractivity contribution in [3.63, 3.8) is 0 Å². The lowest BCUT2D eigenvalue weighted by molar-refractivity contribution is -0.137. The highest BCUT2D eigenvalue weighted by atomic mass is 35.5. The van der Waals surface area contributed by atoms with Crippen LogP contribution < -0.4 is 11.1 Å². The van der Waals surface area contributed by atoms with E-state index in [1.807, 2.05) is 13.8 Å². The van der Waals surface area contributed by atoms with Gasteiger partial charge >= 0.3 is 0 Å². The van der Waals surface area contributed by atoms with Crippen LogP contribution in [0.1, 0.15) is 37.0 Å². The third-order valence-electron chi connectivity index (χ3n) is 4.10. The fourth-order valence-corrected chi connectivity index (χ4v) is 3.00. The number of likely N-dealkylation sites (tertiary alicyclic amines) is 1. The van der Waals surface area contributed by atoms with Gasteiger partial charge in [0.25, 0.3) is 0 Å². The monoisotopic (exact) mass is 351 g/mol. The molecule has 0 radical (unpaired) electrons. The third kappa shape index (κ3) is 4.26. The van der Waals surface area contributed by atoms with Gasteiger partial charge in [-0.15, -0.1) is 0 Å². The Hall–Kier alpha value is -2.08. The van der Waals surface area contributed by atoms with E-state index in [1.165, 1.54) is 12.1 Å². The number of hydrogen-bond acceptors (Lipinski definition) is 3. The summed E-state index contributed by atoms with van der Waals surface area (Å²) < 4.78 is 0. The molecular formula is C17H22ClN3O3. The molecule has 0 aliphatic carbocycles. The summed E-state index contributed by atoms with van der Waals surface area (Å²) >= 11 is 5.90. The molecule has 1 heterocycles. The molecule has 1 fully saturated rings. The molecule has 1 aliphatic heterocycles. The quantitative estimate of drug-likeness (QED) is 0.871. The van der Waals surface area contributed by atoms with E-state index in [9.17, 15) is 14.4 Å². The molecule has 1 aliphatic rings. The summed E-state index contributed by atoms with van der Waals surface area (Å²) in [6.07, 6.45) is 1.52. The zero-order valence-corrected chi connectivity index (χ0v) is 14.6. The lowest BCUT2D eigenvalue weighted by Gasteiger charge is -2.33. The average molecular weight is 352 g/mol. The van der Waals surface area contributed by atoms with Crippen LogP contribution in [-0.4, -0.2) is 35.7 Å². The molecule has 0 bridgehead atoms. The first kappa shape index (κ1) is 18.3. The van der Waals surface area contributed by atoms with Crippen LogP contribution in [0.2, 0.25) is 5.02 Å². The summed E-state index contributed by atoms with van der Waals surface area (Å²) in [6.45, 7) is 4.81. The predicted octanol–water partition coefficient (Wildman–Crippen LogP) is 2.27. The second-order valence-electron chi connectivity index (χ2n) is 6.33. The van der Waals surface area contributed by atoms with Gasteiger partial charge in [-0.25, -0.2) is 0 Å². The fourth-order valence-electron chi connectivity index (χ4n) is 2.79. The molecule has 0 spiro atoms. The molecule has 2 rings (SSSR count). The van der Waals surface area contributed by atoms with E-state index in [2.05, 4.69) is 5.32 Å². The molecule has 0 unspecified atom stereocenters. The number of nitrogens with one attached hydrogen (secondary N) is 1. The van der Waals surface area contributed by atoms with Crippen LogP contribution >= 0.6 is 11.6 Å². The summed E-state index contributed by atoms with van der Waals surface area (Å²) in [7, 11) is 0. The van der Waals surface area contributed by atoms with E-state index in [0.29, 0.717) is 18.8 Å². The topological polar surface area (TPSA) is 92.5 Å². The van der Waals surface area contributed by atoms with E-state index in [1.54, 1.807) is 11.0 Å². The number of carbonyl (C=O) groups is 3. The minimum atomic E-state index is -0.650. The SMILES string of the molecule is CC(C)C(=O)N1CCC[C@@H](C(=O)Nc2ccc(Cl)c(C(N)=O)c2)C1. The zero-order valence-electron chi connectivity index (χ0n) is 13.8. The molecular weight excluding hydrogens is 330 g/mol. The molecule has 3 amide bonds. The van der Waals surface area contributed by atoms with Crippen LogP contribution in [0.3, 0.4) is 0 Å². The first-order valence-electron chi connectivity index (χ1n) is 7.98. The van der Waals surface area contributed by atoms with Crippen molar-refractivity contribution in [3.8, 4) is 0 Å². The van der Waals surface area contributed by atoms with Gasteiger partial charge in [-0.1, -0.05) is 25.4 Å². The number of benzene rings is 1. The van der Waals surface area contributed by atoms with Crippen LogP contribution in [0.5, 0.6) is 0 Å². The predicted molar refractivity (Wildman–Crippen MR) is 92.7 cm³/mol. The maximum Gasteiger partial charge on any atom is 0.250 e. The van der Waals surface area contributed by atoms with Crippen LogP contribution in [0.25, 0.3) is 0 Å². The van der Waals surface area contributed by atoms with Crippen molar-refractivity contribution in [2.45, 2.75) is 26.7 Å². The molecule has 0 saturated carbocycles. The first-order valence-corrected chi connectivity index (χ1v) is 8.36. The molecule has 1 aromatic rings. The van der Waals surface area contributed by atoms with Gasteiger partial charge in [-0.2, -0.15) is 0 Å². The number of hydrogen-bond donors (Lipinski definition) is 2. The molecule has 0 aromatic heterocycles. The number of piperidine rings is 1. The van der Waals surface area contributed by atoms with Crippen molar-refractivity contribution >= 4 is 35.0 Å². The van der Waals surface area contributed by atoms with Crippen LogP contribution in [0.4, 0.5) is 5.69 Å². The lowest BCUT2D eigenvalue weighted by Crippen LogP contribution is -2.45. The number of anilines is 1. The molecule has 1 aromatic carbocycles. The van der Waals surface area contributed by atoms with Crippen LogP contribution in [0, 0.1) is 11.8 Å². The molecule has 24 heavy (non-hydrogen) atoms. The number of rotatable bonds is 4. The van der Waals surface area contributed by atoms with E-state index in [-0.39, 0.29) is 34.2 Å². The molecule has 1 atom stereocenters. The number of primary amides is 1. The van der Waals surface area contributed by atoms with Crippen molar-refractivity contribution in [2.75, 3.05) is 18.4 Å². The second-order valence-corrected chi connectivity index (χ2v) is 6.73. The number of nitrogens with two attached hydrogens (primary N) is 1.